The fourth-order valence-electron chi connectivity index (χ4n) is 3.65. The highest BCUT2D eigenvalue weighted by molar-refractivity contribution is 6.42. The molecule has 11 heteroatoms. The number of alkyl halides is 3. The third kappa shape index (κ3) is 5.04. The fraction of sp³-hybridized carbons (Fsp3) is 0.273. The molecule has 6 nitrogen and oxygen atoms in total. The van der Waals surface area contributed by atoms with Crippen molar-refractivity contribution in [1.82, 2.24) is 15.1 Å². The smallest absolute Gasteiger partial charge is 0.410 e. The molecule has 0 radical (unpaired) electrons. The number of halogens is 5. The van der Waals surface area contributed by atoms with E-state index < -0.39 is 24.2 Å². The number of hydrogen-bond acceptors (Lipinski definition) is 4. The van der Waals surface area contributed by atoms with Gasteiger partial charge in [-0.1, -0.05) is 41.4 Å². The molecule has 2 aromatic carbocycles. The van der Waals surface area contributed by atoms with Crippen LogP contribution in [0.15, 0.2) is 48.5 Å². The first-order chi connectivity index (χ1) is 15.7. The predicted molar refractivity (Wildman–Crippen MR) is 119 cm³/mol. The maximum absolute atomic E-state index is 13.8. The average Bonchev–Trinajstić information content (AvgIpc) is 3.22. The van der Waals surface area contributed by atoms with Gasteiger partial charge in [-0.15, -0.1) is 0 Å². The number of methoxy groups -OCH3 is 1. The molecule has 2 heterocycles. The van der Waals surface area contributed by atoms with Crippen LogP contribution in [0.25, 0.3) is 0 Å². The van der Waals surface area contributed by atoms with Gasteiger partial charge in [-0.05, 0) is 35.4 Å². The summed E-state index contributed by atoms with van der Waals surface area (Å²) in [6.45, 7) is 0.188. The Balaban J connectivity index is 1.55. The molecule has 3 aromatic rings. The van der Waals surface area contributed by atoms with Gasteiger partial charge in [0.1, 0.15) is 11.6 Å². The molecule has 0 aliphatic carbocycles. The highest BCUT2D eigenvalue weighted by Gasteiger charge is 2.46. The molecule has 33 heavy (non-hydrogen) atoms. The van der Waals surface area contributed by atoms with Crippen LogP contribution >= 0.6 is 23.2 Å². The number of fused-ring (bicyclic) bond motifs is 1. The van der Waals surface area contributed by atoms with Crippen LogP contribution in [-0.4, -0.2) is 29.0 Å². The molecule has 0 saturated carbocycles. The molecule has 0 saturated heterocycles. The lowest BCUT2D eigenvalue weighted by Crippen LogP contribution is -2.35. The summed E-state index contributed by atoms with van der Waals surface area (Å²) in [5.41, 5.74) is 1.24. The van der Waals surface area contributed by atoms with E-state index in [9.17, 15) is 18.0 Å². The second kappa shape index (κ2) is 9.15. The number of hydrogen-bond donors (Lipinski definition) is 2. The minimum atomic E-state index is -4.56. The van der Waals surface area contributed by atoms with Gasteiger partial charge in [0, 0.05) is 19.0 Å². The number of rotatable bonds is 5. The van der Waals surface area contributed by atoms with Gasteiger partial charge in [-0.3, -0.25) is 4.79 Å². The van der Waals surface area contributed by atoms with Gasteiger partial charge in [0.2, 0.25) is 0 Å². The van der Waals surface area contributed by atoms with E-state index >= 15 is 0 Å². The van der Waals surface area contributed by atoms with Crippen LogP contribution in [0, 0.1) is 0 Å². The summed E-state index contributed by atoms with van der Waals surface area (Å²) in [7, 11) is 1.55. The Bertz CT molecular complexity index is 1170. The third-order valence-electron chi connectivity index (χ3n) is 5.38. The average molecular weight is 499 g/mol. The normalized spacial score (nSPS) is 17.8. The molecule has 1 aliphatic heterocycles. The molecule has 2 N–H and O–H groups in total. The van der Waals surface area contributed by atoms with Crippen LogP contribution in [-0.2, 0) is 6.54 Å². The van der Waals surface area contributed by atoms with Crippen molar-refractivity contribution in [2.24, 2.45) is 0 Å². The molecule has 1 aromatic heterocycles. The molecule has 2 atom stereocenters. The lowest BCUT2D eigenvalue weighted by molar-refractivity contribution is -0.173. The molecular weight excluding hydrogens is 480 g/mol. The number of anilines is 1. The molecule has 4 rings (SSSR count). The Hall–Kier alpha value is -2.91. The van der Waals surface area contributed by atoms with Crippen molar-refractivity contribution in [3.8, 4) is 5.75 Å². The minimum absolute atomic E-state index is 0.0919. The lowest BCUT2D eigenvalue weighted by Gasteiger charge is -2.33. The van der Waals surface area contributed by atoms with Crippen LogP contribution in [0.1, 0.15) is 40.1 Å². The van der Waals surface area contributed by atoms with Crippen molar-refractivity contribution in [3.63, 3.8) is 0 Å². The van der Waals surface area contributed by atoms with Crippen molar-refractivity contribution in [2.75, 3.05) is 12.4 Å². The number of aromatic nitrogens is 2. The first-order valence-corrected chi connectivity index (χ1v) is 10.7. The number of nitrogens with zero attached hydrogens (tertiary/aromatic N) is 2. The van der Waals surface area contributed by atoms with Crippen molar-refractivity contribution < 1.29 is 22.7 Å². The molecule has 1 aliphatic rings. The Morgan fingerprint density at radius 1 is 1.18 bits per heavy atom. The van der Waals surface area contributed by atoms with Crippen LogP contribution in [0.5, 0.6) is 5.75 Å². The largest absolute Gasteiger partial charge is 0.497 e. The number of carbonyl (C=O) groups is 1. The van der Waals surface area contributed by atoms with E-state index in [4.69, 9.17) is 27.9 Å². The van der Waals surface area contributed by atoms with Gasteiger partial charge >= 0.3 is 6.18 Å². The number of nitrogens with one attached hydrogen (secondary N) is 2. The summed E-state index contributed by atoms with van der Waals surface area (Å²) in [4.78, 5) is 12.6. The van der Waals surface area contributed by atoms with Crippen LogP contribution < -0.4 is 15.4 Å². The van der Waals surface area contributed by atoms with Crippen LogP contribution in [0.4, 0.5) is 19.0 Å². The van der Waals surface area contributed by atoms with E-state index in [0.717, 1.165) is 10.2 Å². The standard InChI is InChI=1S/C22H19Cl2F3N4O2/c1-33-14-5-2-12(3-6-14)11-28-21(32)18-10-20-29-17(13-4-7-15(23)16(24)8-13)9-19(22(25,26)27)31(20)30-18/h2-8,10,17,19,29H,9,11H2,1H3,(H,28,32)/t17-,19-/m1/s1. The van der Waals surface area contributed by atoms with Gasteiger partial charge < -0.3 is 15.4 Å². The van der Waals surface area contributed by atoms with Gasteiger partial charge in [-0.25, -0.2) is 4.68 Å². The first-order valence-electron chi connectivity index (χ1n) is 9.94. The minimum Gasteiger partial charge on any atom is -0.497 e. The summed E-state index contributed by atoms with van der Waals surface area (Å²) in [5, 5.41) is 10.2. The van der Waals surface area contributed by atoms with E-state index in [1.807, 2.05) is 0 Å². The molecule has 0 unspecified atom stereocenters. The summed E-state index contributed by atoms with van der Waals surface area (Å²) < 4.78 is 47.4. The molecule has 174 valence electrons. The molecular formula is C22H19Cl2F3N4O2. The van der Waals surface area contributed by atoms with Gasteiger partial charge in [0.05, 0.1) is 23.2 Å². The molecule has 0 spiro atoms. The van der Waals surface area contributed by atoms with E-state index in [1.165, 1.54) is 18.2 Å². The number of ether oxygens (including phenoxy) is 1. The maximum atomic E-state index is 13.8. The van der Waals surface area contributed by atoms with Crippen molar-refractivity contribution >= 4 is 34.9 Å². The Morgan fingerprint density at radius 2 is 1.91 bits per heavy atom. The monoisotopic (exact) mass is 498 g/mol. The van der Waals surface area contributed by atoms with Crippen molar-refractivity contribution in [2.45, 2.75) is 31.2 Å². The van der Waals surface area contributed by atoms with Gasteiger partial charge in [-0.2, -0.15) is 18.3 Å². The summed E-state index contributed by atoms with van der Waals surface area (Å²) in [6.07, 6.45) is -4.88. The second-order valence-electron chi connectivity index (χ2n) is 7.55. The van der Waals surface area contributed by atoms with E-state index in [0.29, 0.717) is 16.3 Å². The van der Waals surface area contributed by atoms with E-state index in [1.54, 1.807) is 37.4 Å². The summed E-state index contributed by atoms with van der Waals surface area (Å²) in [5.74, 6) is 0.184. The maximum Gasteiger partial charge on any atom is 0.410 e. The van der Waals surface area contributed by atoms with Crippen LogP contribution in [0.2, 0.25) is 10.0 Å². The highest BCUT2D eigenvalue weighted by atomic mass is 35.5. The predicted octanol–water partition coefficient (Wildman–Crippen LogP) is 5.79. The topological polar surface area (TPSA) is 68.2 Å². The first kappa shape index (κ1) is 23.3. The zero-order chi connectivity index (χ0) is 23.8. The number of amides is 1. The number of benzene rings is 2. The molecule has 0 fully saturated rings. The Labute approximate surface area is 197 Å². The van der Waals surface area contributed by atoms with Gasteiger partial charge in [0.15, 0.2) is 11.7 Å². The highest BCUT2D eigenvalue weighted by Crippen LogP contribution is 2.44. The summed E-state index contributed by atoms with van der Waals surface area (Å²) in [6, 6.07) is 10.5. The van der Waals surface area contributed by atoms with Crippen molar-refractivity contribution in [3.05, 3.63) is 75.4 Å². The number of carbonyl (C=O) groups excluding carboxylic acids is 1. The fourth-order valence-corrected chi connectivity index (χ4v) is 3.95. The summed E-state index contributed by atoms with van der Waals surface area (Å²) >= 11 is 12.0. The van der Waals surface area contributed by atoms with E-state index in [-0.39, 0.29) is 29.5 Å². The second-order valence-corrected chi connectivity index (χ2v) is 8.37. The zero-order valence-electron chi connectivity index (χ0n) is 17.3. The van der Waals surface area contributed by atoms with E-state index in [2.05, 4.69) is 15.7 Å². The Morgan fingerprint density at radius 3 is 2.55 bits per heavy atom. The molecule has 0 bridgehead atoms. The van der Waals surface area contributed by atoms with Crippen molar-refractivity contribution in [1.29, 1.82) is 0 Å². The SMILES string of the molecule is COc1ccc(CNC(=O)c2cc3n(n2)[C@@H](C(F)(F)F)C[C@H](c2ccc(Cl)c(Cl)c2)N3)cc1. The lowest BCUT2D eigenvalue weighted by atomic mass is 9.97. The molecule has 1 amide bonds. The van der Waals surface area contributed by atoms with Crippen LogP contribution in [0.3, 0.4) is 0 Å². The third-order valence-corrected chi connectivity index (χ3v) is 6.12. The quantitative estimate of drug-likeness (QED) is 0.467. The Kier molecular flexibility index (Phi) is 6.45. The zero-order valence-corrected chi connectivity index (χ0v) is 18.8. The van der Waals surface area contributed by atoms with Gasteiger partial charge in [0.25, 0.3) is 5.91 Å².